The summed E-state index contributed by atoms with van der Waals surface area (Å²) in [6.45, 7) is 1.96. The van der Waals surface area contributed by atoms with Crippen molar-refractivity contribution in [3.63, 3.8) is 0 Å². The van der Waals surface area contributed by atoms with Gasteiger partial charge < -0.3 is 9.84 Å². The number of carbonyl (C=O) groups excluding carboxylic acids is 1. The number of hydrogen-bond acceptors (Lipinski definition) is 4. The van der Waals surface area contributed by atoms with E-state index in [1.165, 1.54) is 31.4 Å². The normalized spacial score (nSPS) is 19.5. The monoisotopic (exact) mass is 392 g/mol. The average molecular weight is 392 g/mol. The SMILES string of the molecule is CCc1ccc(C2=NN(C(=O)c3ccc(OC)cc3)C(O)(C(F)(F)F)C2)cc1. The Kier molecular flexibility index (Phi) is 5.16. The van der Waals surface area contributed by atoms with Crippen LogP contribution in [-0.4, -0.2) is 40.7 Å². The Labute approximate surface area is 160 Å². The molecule has 0 saturated heterocycles. The number of aryl methyl sites for hydroxylation is 1. The van der Waals surface area contributed by atoms with Crippen molar-refractivity contribution in [1.29, 1.82) is 0 Å². The van der Waals surface area contributed by atoms with Crippen LogP contribution in [-0.2, 0) is 6.42 Å². The first-order chi connectivity index (χ1) is 13.2. The molecular weight excluding hydrogens is 373 g/mol. The third kappa shape index (κ3) is 3.47. The van der Waals surface area contributed by atoms with Crippen molar-refractivity contribution in [2.45, 2.75) is 31.7 Å². The highest BCUT2D eigenvalue weighted by Gasteiger charge is 2.63. The van der Waals surface area contributed by atoms with Gasteiger partial charge in [0.1, 0.15) is 5.75 Å². The van der Waals surface area contributed by atoms with Gasteiger partial charge in [0.2, 0.25) is 0 Å². The Morgan fingerprint density at radius 3 is 2.29 bits per heavy atom. The zero-order chi connectivity index (χ0) is 20.5. The highest BCUT2D eigenvalue weighted by molar-refractivity contribution is 6.05. The highest BCUT2D eigenvalue weighted by atomic mass is 19.4. The van der Waals surface area contributed by atoms with Crippen molar-refractivity contribution >= 4 is 11.6 Å². The molecule has 0 saturated carbocycles. The van der Waals surface area contributed by atoms with Crippen LogP contribution in [0.3, 0.4) is 0 Å². The largest absolute Gasteiger partial charge is 0.497 e. The lowest BCUT2D eigenvalue weighted by Crippen LogP contribution is -2.56. The Balaban J connectivity index is 1.99. The minimum absolute atomic E-state index is 0.00987. The molecule has 3 rings (SSSR count). The fraction of sp³-hybridized carbons (Fsp3) is 0.300. The van der Waals surface area contributed by atoms with Gasteiger partial charge in [-0.05, 0) is 41.8 Å². The van der Waals surface area contributed by atoms with Crippen molar-refractivity contribution in [2.75, 3.05) is 7.11 Å². The Morgan fingerprint density at radius 2 is 1.79 bits per heavy atom. The molecule has 2 aromatic rings. The van der Waals surface area contributed by atoms with Crippen LogP contribution in [0.15, 0.2) is 53.6 Å². The molecule has 0 radical (unpaired) electrons. The van der Waals surface area contributed by atoms with Crippen LogP contribution in [0, 0.1) is 0 Å². The fourth-order valence-electron chi connectivity index (χ4n) is 2.93. The zero-order valence-corrected chi connectivity index (χ0v) is 15.3. The Morgan fingerprint density at radius 1 is 1.18 bits per heavy atom. The molecule has 1 atom stereocenters. The van der Waals surface area contributed by atoms with Crippen molar-refractivity contribution in [1.82, 2.24) is 5.01 Å². The van der Waals surface area contributed by atoms with Gasteiger partial charge in [-0.25, -0.2) is 0 Å². The summed E-state index contributed by atoms with van der Waals surface area (Å²) in [5.41, 5.74) is -2.04. The summed E-state index contributed by atoms with van der Waals surface area (Å²) >= 11 is 0. The third-order valence-electron chi connectivity index (χ3n) is 4.66. The maximum atomic E-state index is 13.7. The predicted molar refractivity (Wildman–Crippen MR) is 97.1 cm³/mol. The van der Waals surface area contributed by atoms with E-state index in [0.29, 0.717) is 11.3 Å². The molecule has 148 valence electrons. The summed E-state index contributed by atoms with van der Waals surface area (Å²) in [5.74, 6) is -0.605. The molecule has 0 spiro atoms. The first-order valence-electron chi connectivity index (χ1n) is 8.64. The van der Waals surface area contributed by atoms with E-state index in [1.54, 1.807) is 24.3 Å². The number of ether oxygens (including phenoxy) is 1. The predicted octanol–water partition coefficient (Wildman–Crippen LogP) is 3.76. The van der Waals surface area contributed by atoms with Gasteiger partial charge in [0.15, 0.2) is 0 Å². The second-order valence-electron chi connectivity index (χ2n) is 6.43. The molecule has 1 unspecified atom stereocenters. The number of carbonyl (C=O) groups is 1. The third-order valence-corrected chi connectivity index (χ3v) is 4.66. The summed E-state index contributed by atoms with van der Waals surface area (Å²) in [5, 5.41) is 14.4. The van der Waals surface area contributed by atoms with Crippen LogP contribution >= 0.6 is 0 Å². The van der Waals surface area contributed by atoms with Crippen molar-refractivity contribution in [3.8, 4) is 5.75 Å². The van der Waals surface area contributed by atoms with Crippen LogP contribution in [0.1, 0.15) is 34.8 Å². The first kappa shape index (κ1) is 19.9. The van der Waals surface area contributed by atoms with Gasteiger partial charge in [-0.3, -0.25) is 4.79 Å². The van der Waals surface area contributed by atoms with Crippen molar-refractivity contribution in [3.05, 3.63) is 65.2 Å². The second-order valence-corrected chi connectivity index (χ2v) is 6.43. The summed E-state index contributed by atoms with van der Waals surface area (Å²) < 4.78 is 46.0. The number of rotatable bonds is 4. The van der Waals surface area contributed by atoms with E-state index in [-0.39, 0.29) is 16.3 Å². The topological polar surface area (TPSA) is 62.1 Å². The molecule has 1 heterocycles. The Hall–Kier alpha value is -2.87. The van der Waals surface area contributed by atoms with E-state index in [2.05, 4.69) is 5.10 Å². The summed E-state index contributed by atoms with van der Waals surface area (Å²) in [6.07, 6.45) is -5.14. The first-order valence-corrected chi connectivity index (χ1v) is 8.64. The lowest BCUT2D eigenvalue weighted by molar-refractivity contribution is -0.297. The lowest BCUT2D eigenvalue weighted by Gasteiger charge is -2.32. The number of amides is 1. The number of halogens is 3. The number of aliphatic hydroxyl groups is 1. The molecule has 1 aliphatic heterocycles. The van der Waals surface area contributed by atoms with Gasteiger partial charge in [-0.1, -0.05) is 31.2 Å². The van der Waals surface area contributed by atoms with Gasteiger partial charge in [0.25, 0.3) is 11.6 Å². The lowest BCUT2D eigenvalue weighted by atomic mass is 9.99. The number of benzene rings is 2. The van der Waals surface area contributed by atoms with Crippen LogP contribution in [0.2, 0.25) is 0 Å². The maximum absolute atomic E-state index is 13.7. The molecule has 2 aromatic carbocycles. The number of nitrogens with zero attached hydrogens (tertiary/aromatic N) is 2. The quantitative estimate of drug-likeness (QED) is 0.862. The summed E-state index contributed by atoms with van der Waals surface area (Å²) in [4.78, 5) is 12.7. The zero-order valence-electron chi connectivity index (χ0n) is 15.3. The van der Waals surface area contributed by atoms with Gasteiger partial charge in [-0.2, -0.15) is 23.3 Å². The summed E-state index contributed by atoms with van der Waals surface area (Å²) in [7, 11) is 1.43. The van der Waals surface area contributed by atoms with Gasteiger partial charge in [-0.15, -0.1) is 0 Å². The standard InChI is InChI=1S/C20H19F3N2O3/c1-3-13-4-6-14(7-5-13)17-12-19(27,20(21,22)23)25(24-17)18(26)15-8-10-16(28-2)11-9-15/h4-11,27H,3,12H2,1-2H3. The molecule has 1 aliphatic rings. The van der Waals surface area contributed by atoms with Gasteiger partial charge in [0, 0.05) is 5.56 Å². The Bertz CT molecular complexity index is 892. The van der Waals surface area contributed by atoms with Gasteiger partial charge in [0.05, 0.1) is 19.2 Å². The molecule has 0 bridgehead atoms. The molecular formula is C20H19F3N2O3. The van der Waals surface area contributed by atoms with E-state index in [1.807, 2.05) is 6.92 Å². The minimum atomic E-state index is -5.08. The number of methoxy groups -OCH3 is 1. The number of hydrogen-bond donors (Lipinski definition) is 1. The second kappa shape index (κ2) is 7.27. The summed E-state index contributed by atoms with van der Waals surface area (Å²) in [6, 6.07) is 12.4. The van der Waals surface area contributed by atoms with Crippen LogP contribution < -0.4 is 4.74 Å². The molecule has 8 heteroatoms. The van der Waals surface area contributed by atoms with Crippen LogP contribution in [0.5, 0.6) is 5.75 Å². The average Bonchev–Trinajstić information content (AvgIpc) is 3.06. The van der Waals surface area contributed by atoms with E-state index >= 15 is 0 Å². The van der Waals surface area contributed by atoms with E-state index < -0.39 is 24.2 Å². The van der Waals surface area contributed by atoms with E-state index in [4.69, 9.17) is 4.74 Å². The van der Waals surface area contributed by atoms with E-state index in [9.17, 15) is 23.1 Å². The molecule has 0 aromatic heterocycles. The molecule has 28 heavy (non-hydrogen) atoms. The highest BCUT2D eigenvalue weighted by Crippen LogP contribution is 2.42. The molecule has 1 N–H and O–H groups in total. The van der Waals surface area contributed by atoms with Crippen LogP contribution in [0.4, 0.5) is 13.2 Å². The minimum Gasteiger partial charge on any atom is -0.497 e. The fourth-order valence-corrected chi connectivity index (χ4v) is 2.93. The maximum Gasteiger partial charge on any atom is 0.438 e. The number of alkyl halides is 3. The smallest absolute Gasteiger partial charge is 0.438 e. The van der Waals surface area contributed by atoms with Crippen molar-refractivity contribution in [2.24, 2.45) is 5.10 Å². The molecule has 0 fully saturated rings. The number of hydrazone groups is 1. The molecule has 1 amide bonds. The van der Waals surface area contributed by atoms with Crippen molar-refractivity contribution < 1.29 is 27.8 Å². The van der Waals surface area contributed by atoms with E-state index in [0.717, 1.165) is 12.0 Å². The molecule has 5 nitrogen and oxygen atoms in total. The molecule has 0 aliphatic carbocycles. The van der Waals surface area contributed by atoms with Gasteiger partial charge >= 0.3 is 6.18 Å². The van der Waals surface area contributed by atoms with Crippen LogP contribution in [0.25, 0.3) is 0 Å².